The fraction of sp³-hybridized carbons (Fsp3) is 0.722. The van der Waals surface area contributed by atoms with Crippen LogP contribution in [0.5, 0.6) is 0 Å². The van der Waals surface area contributed by atoms with E-state index in [2.05, 4.69) is 19.9 Å². The zero-order valence-corrected chi connectivity index (χ0v) is 17.2. The molecule has 3 aliphatic rings. The van der Waals surface area contributed by atoms with E-state index in [4.69, 9.17) is 10.7 Å². The van der Waals surface area contributed by atoms with Gasteiger partial charge in [0.1, 0.15) is 11.4 Å². The summed E-state index contributed by atoms with van der Waals surface area (Å²) in [7, 11) is 0. The van der Waals surface area contributed by atoms with Crippen molar-refractivity contribution in [1.29, 1.82) is 0 Å². The molecule has 2 saturated carbocycles. The van der Waals surface area contributed by atoms with E-state index in [-0.39, 0.29) is 18.2 Å². The largest absolute Gasteiger partial charge is 0.354 e. The van der Waals surface area contributed by atoms with E-state index in [1.165, 1.54) is 18.0 Å². The molecule has 158 valence electrons. The highest BCUT2D eigenvalue weighted by molar-refractivity contribution is 7.09. The van der Waals surface area contributed by atoms with E-state index in [1.54, 1.807) is 4.90 Å². The zero-order chi connectivity index (χ0) is 20.4. The fourth-order valence-corrected chi connectivity index (χ4v) is 4.56. The summed E-state index contributed by atoms with van der Waals surface area (Å²) in [4.78, 5) is 44.9. The van der Waals surface area contributed by atoms with Crippen molar-refractivity contribution in [2.24, 2.45) is 5.73 Å². The number of aromatic nitrogens is 2. The summed E-state index contributed by atoms with van der Waals surface area (Å²) in [5, 5.41) is 6.31. The van der Waals surface area contributed by atoms with Crippen LogP contribution in [-0.4, -0.2) is 70.4 Å². The van der Waals surface area contributed by atoms with Gasteiger partial charge in [0.2, 0.25) is 16.9 Å². The highest BCUT2D eigenvalue weighted by Gasteiger charge is 2.52. The van der Waals surface area contributed by atoms with Crippen LogP contribution in [0, 0.1) is 0 Å². The fourth-order valence-electron chi connectivity index (χ4n) is 3.76. The first-order valence-electron chi connectivity index (χ1n) is 10.2. The average Bonchev–Trinajstić information content (AvgIpc) is 3.25. The number of urea groups is 1. The van der Waals surface area contributed by atoms with Crippen LogP contribution in [0.1, 0.15) is 50.3 Å². The maximum atomic E-state index is 13.1. The molecule has 1 aromatic heterocycles. The molecule has 11 heteroatoms. The highest BCUT2D eigenvalue weighted by atomic mass is 32.1. The second-order valence-corrected chi connectivity index (χ2v) is 8.74. The number of hydrogen-bond acceptors (Lipinski definition) is 7. The van der Waals surface area contributed by atoms with Gasteiger partial charge in [-0.1, -0.05) is 6.42 Å². The van der Waals surface area contributed by atoms with Crippen molar-refractivity contribution < 1.29 is 14.4 Å². The Bertz CT molecular complexity index is 790. The van der Waals surface area contributed by atoms with Gasteiger partial charge < -0.3 is 26.2 Å². The first-order valence-corrected chi connectivity index (χ1v) is 11.0. The number of amides is 4. The molecule has 0 aromatic carbocycles. The van der Waals surface area contributed by atoms with Crippen LogP contribution in [0.2, 0.25) is 0 Å². The Balaban J connectivity index is 1.46. The second-order valence-electron chi connectivity index (χ2n) is 8.01. The van der Waals surface area contributed by atoms with E-state index in [0.29, 0.717) is 51.5 Å². The molecule has 10 nitrogen and oxygen atoms in total. The van der Waals surface area contributed by atoms with Gasteiger partial charge in [0.05, 0.1) is 0 Å². The SMILES string of the molecule is NC(=O)NC1(C(=O)N2CCC(=O)NCCN(c3nc(C4CCC4)ns3)CC2)CC1. The van der Waals surface area contributed by atoms with Crippen molar-refractivity contribution in [3.05, 3.63) is 5.82 Å². The number of carbonyl (C=O) groups excluding carboxylic acids is 3. The van der Waals surface area contributed by atoms with Gasteiger partial charge >= 0.3 is 6.03 Å². The summed E-state index contributed by atoms with van der Waals surface area (Å²) >= 11 is 1.37. The van der Waals surface area contributed by atoms with E-state index in [1.807, 2.05) is 0 Å². The molecule has 29 heavy (non-hydrogen) atoms. The van der Waals surface area contributed by atoms with Crippen LogP contribution in [0.15, 0.2) is 0 Å². The van der Waals surface area contributed by atoms with Gasteiger partial charge in [0.25, 0.3) is 0 Å². The van der Waals surface area contributed by atoms with Crippen LogP contribution >= 0.6 is 11.5 Å². The molecule has 0 spiro atoms. The Kier molecular flexibility index (Phi) is 5.57. The third-order valence-electron chi connectivity index (χ3n) is 5.93. The molecule has 0 unspecified atom stereocenters. The number of anilines is 1. The van der Waals surface area contributed by atoms with Crippen molar-refractivity contribution in [2.45, 2.75) is 50.0 Å². The molecule has 4 rings (SSSR count). The van der Waals surface area contributed by atoms with Gasteiger partial charge in [0.15, 0.2) is 0 Å². The van der Waals surface area contributed by atoms with Crippen molar-refractivity contribution in [3.8, 4) is 0 Å². The number of nitrogens with two attached hydrogens (primary N) is 1. The van der Waals surface area contributed by atoms with Crippen molar-refractivity contribution in [1.82, 2.24) is 24.9 Å². The molecule has 3 fully saturated rings. The number of rotatable bonds is 4. The maximum absolute atomic E-state index is 13.1. The molecular formula is C18H27N7O3S. The number of carbonyl (C=O) groups is 3. The first kappa shape index (κ1) is 19.9. The summed E-state index contributed by atoms with van der Waals surface area (Å²) in [6.45, 7) is 2.49. The van der Waals surface area contributed by atoms with Crippen LogP contribution in [0.3, 0.4) is 0 Å². The molecule has 0 atom stereocenters. The van der Waals surface area contributed by atoms with Crippen LogP contribution < -0.4 is 21.3 Å². The lowest BCUT2D eigenvalue weighted by Gasteiger charge is -2.31. The first-order chi connectivity index (χ1) is 14.0. The summed E-state index contributed by atoms with van der Waals surface area (Å²) < 4.78 is 4.52. The van der Waals surface area contributed by atoms with Crippen LogP contribution in [0.25, 0.3) is 0 Å². The second kappa shape index (κ2) is 8.13. The Morgan fingerprint density at radius 1 is 1.21 bits per heavy atom. The molecule has 0 radical (unpaired) electrons. The van der Waals surface area contributed by atoms with Gasteiger partial charge in [-0.15, -0.1) is 0 Å². The quantitative estimate of drug-likeness (QED) is 0.634. The predicted molar refractivity (Wildman–Crippen MR) is 108 cm³/mol. The Morgan fingerprint density at radius 3 is 2.66 bits per heavy atom. The van der Waals surface area contributed by atoms with Gasteiger partial charge in [0, 0.05) is 56.6 Å². The number of hydrogen-bond donors (Lipinski definition) is 3. The standard InChI is InChI=1S/C18H27N7O3S/c19-16(28)22-18(5-6-18)15(27)24-8-4-13(26)20-7-9-25(11-10-24)17-21-14(23-29-17)12-2-1-3-12/h12H,1-11H2,(H,20,26)(H3,19,22,28). The summed E-state index contributed by atoms with van der Waals surface area (Å²) in [6.07, 6.45) is 4.90. The normalized spacial score (nSPS) is 22.4. The van der Waals surface area contributed by atoms with E-state index >= 15 is 0 Å². The molecule has 1 aromatic rings. The molecule has 4 amide bonds. The van der Waals surface area contributed by atoms with Crippen molar-refractivity contribution in [3.63, 3.8) is 0 Å². The molecule has 4 N–H and O–H groups in total. The molecule has 0 bridgehead atoms. The van der Waals surface area contributed by atoms with Gasteiger partial charge in [-0.3, -0.25) is 9.59 Å². The van der Waals surface area contributed by atoms with Crippen LogP contribution in [-0.2, 0) is 9.59 Å². The van der Waals surface area contributed by atoms with Crippen LogP contribution in [0.4, 0.5) is 9.93 Å². The lowest BCUT2D eigenvalue weighted by molar-refractivity contribution is -0.134. The Morgan fingerprint density at radius 2 is 2.00 bits per heavy atom. The molecule has 1 saturated heterocycles. The third-order valence-corrected chi connectivity index (χ3v) is 6.72. The topological polar surface area (TPSA) is 134 Å². The smallest absolute Gasteiger partial charge is 0.313 e. The van der Waals surface area contributed by atoms with Gasteiger partial charge in [-0.2, -0.15) is 4.37 Å². The Labute approximate surface area is 173 Å². The lowest BCUT2D eigenvalue weighted by Crippen LogP contribution is -2.54. The van der Waals surface area contributed by atoms with Crippen molar-refractivity contribution in [2.75, 3.05) is 37.6 Å². The summed E-state index contributed by atoms with van der Waals surface area (Å²) in [5.41, 5.74) is 4.34. The average molecular weight is 422 g/mol. The predicted octanol–water partition coefficient (Wildman–Crippen LogP) is 0.161. The monoisotopic (exact) mass is 421 g/mol. The summed E-state index contributed by atoms with van der Waals surface area (Å²) in [5.74, 6) is 1.11. The zero-order valence-electron chi connectivity index (χ0n) is 16.4. The van der Waals surface area contributed by atoms with Gasteiger partial charge in [-0.05, 0) is 25.7 Å². The van der Waals surface area contributed by atoms with Crippen molar-refractivity contribution >= 4 is 34.5 Å². The highest BCUT2D eigenvalue weighted by Crippen LogP contribution is 2.38. The minimum atomic E-state index is -0.905. The van der Waals surface area contributed by atoms with E-state index < -0.39 is 11.6 Å². The maximum Gasteiger partial charge on any atom is 0.313 e. The number of nitrogens with zero attached hydrogens (tertiary/aromatic N) is 4. The minimum Gasteiger partial charge on any atom is -0.354 e. The molecule has 1 aliphatic heterocycles. The number of primary amides is 1. The molecular weight excluding hydrogens is 394 g/mol. The molecule has 2 aliphatic carbocycles. The van der Waals surface area contributed by atoms with Gasteiger partial charge in [-0.25, -0.2) is 9.78 Å². The third kappa shape index (κ3) is 4.44. The van der Waals surface area contributed by atoms with E-state index in [9.17, 15) is 14.4 Å². The number of nitrogens with one attached hydrogen (secondary N) is 2. The minimum absolute atomic E-state index is 0.0928. The lowest BCUT2D eigenvalue weighted by atomic mass is 9.85. The molecule has 2 heterocycles. The van der Waals surface area contributed by atoms with E-state index in [0.717, 1.165) is 23.8 Å². The summed E-state index contributed by atoms with van der Waals surface area (Å²) in [6, 6.07) is -0.700. The Hall–Kier alpha value is -2.43.